The summed E-state index contributed by atoms with van der Waals surface area (Å²) >= 11 is 0. The van der Waals surface area contributed by atoms with Crippen molar-refractivity contribution in [3.05, 3.63) is 36.4 Å². The first kappa shape index (κ1) is 25.8. The summed E-state index contributed by atoms with van der Waals surface area (Å²) in [5.41, 5.74) is 10.8. The van der Waals surface area contributed by atoms with Gasteiger partial charge in [0, 0.05) is 26.7 Å². The number of fused-ring (bicyclic) bond motifs is 2. The number of nitrogen functional groups attached to an aromatic ring is 1. The number of aromatic amines is 1. The monoisotopic (exact) mass is 493 g/mol. The molecule has 1 atom stereocenters. The minimum Gasteiger partial charge on any atom is -0.382 e. The van der Waals surface area contributed by atoms with Gasteiger partial charge in [0.2, 0.25) is 5.95 Å². The highest BCUT2D eigenvalue weighted by Crippen LogP contribution is 2.25. The second-order valence-corrected chi connectivity index (χ2v) is 10.3. The number of benzene rings is 1. The molecule has 36 heavy (non-hydrogen) atoms. The van der Waals surface area contributed by atoms with Gasteiger partial charge in [-0.15, -0.1) is 0 Å². The smallest absolute Gasteiger partial charge is 0.201 e. The van der Waals surface area contributed by atoms with E-state index in [0.717, 1.165) is 68.2 Å². The van der Waals surface area contributed by atoms with E-state index in [0.29, 0.717) is 11.3 Å². The summed E-state index contributed by atoms with van der Waals surface area (Å²) < 4.78 is 7.81. The molecule has 0 spiro atoms. The Labute approximate surface area is 212 Å². The van der Waals surface area contributed by atoms with Crippen molar-refractivity contribution in [2.45, 2.75) is 58.6 Å². The minimum atomic E-state index is 0.113. The zero-order valence-corrected chi connectivity index (χ0v) is 22.1. The Hall–Kier alpha value is -3.24. The molecule has 0 saturated heterocycles. The van der Waals surface area contributed by atoms with Crippen LogP contribution in [-0.2, 0) is 16.7 Å². The first-order chi connectivity index (χ1) is 17.3. The highest BCUT2D eigenvalue weighted by atomic mass is 16.5. The fourth-order valence-corrected chi connectivity index (χ4v) is 4.36. The number of nitrogens with one attached hydrogen (secondary N) is 2. The van der Waals surface area contributed by atoms with Gasteiger partial charge in [-0.05, 0) is 49.0 Å². The van der Waals surface area contributed by atoms with Crippen LogP contribution in [0.4, 0.5) is 11.8 Å². The second kappa shape index (κ2) is 11.2. The maximum absolute atomic E-state index is 5.90. The Morgan fingerprint density at radius 1 is 1.22 bits per heavy atom. The SMILES string of the molecule is CCN(CCCNc1nc2ccc(C(C)(C)C)cc2[nH]1)CC(CCn1cnc2c(N)ncnc21)OC. The molecule has 0 amide bonds. The topological polar surface area (TPSA) is 123 Å². The molecule has 10 nitrogen and oxygen atoms in total. The number of H-pyrrole nitrogens is 1. The molecule has 4 aromatic rings. The molecule has 0 aliphatic heterocycles. The van der Waals surface area contributed by atoms with Gasteiger partial charge in [-0.2, -0.15) is 0 Å². The van der Waals surface area contributed by atoms with Crippen molar-refractivity contribution in [2.24, 2.45) is 0 Å². The number of rotatable bonds is 12. The number of aryl methyl sites for hydroxylation is 1. The maximum atomic E-state index is 5.90. The van der Waals surface area contributed by atoms with Gasteiger partial charge in [-0.25, -0.2) is 19.9 Å². The van der Waals surface area contributed by atoms with Crippen molar-refractivity contribution in [3.8, 4) is 0 Å². The van der Waals surface area contributed by atoms with Gasteiger partial charge in [-0.3, -0.25) is 0 Å². The van der Waals surface area contributed by atoms with E-state index in [1.54, 1.807) is 13.4 Å². The van der Waals surface area contributed by atoms with Gasteiger partial charge in [0.25, 0.3) is 0 Å². The molecule has 4 rings (SSSR count). The molecule has 3 heterocycles. The molecule has 1 unspecified atom stereocenters. The molecule has 0 aliphatic carbocycles. The number of nitrogens with zero attached hydrogens (tertiary/aromatic N) is 6. The van der Waals surface area contributed by atoms with Crippen molar-refractivity contribution in [1.82, 2.24) is 34.4 Å². The van der Waals surface area contributed by atoms with Crippen LogP contribution in [0.5, 0.6) is 0 Å². The Morgan fingerprint density at radius 2 is 2.06 bits per heavy atom. The lowest BCUT2D eigenvalue weighted by atomic mass is 9.87. The molecule has 3 aromatic heterocycles. The van der Waals surface area contributed by atoms with Crippen LogP contribution >= 0.6 is 0 Å². The lowest BCUT2D eigenvalue weighted by Gasteiger charge is -2.26. The number of ether oxygens (including phenoxy) is 1. The summed E-state index contributed by atoms with van der Waals surface area (Å²) in [5, 5.41) is 3.45. The Bertz CT molecular complexity index is 1270. The summed E-state index contributed by atoms with van der Waals surface area (Å²) in [4.78, 5) is 23.2. The third-order valence-electron chi connectivity index (χ3n) is 6.66. The molecule has 4 N–H and O–H groups in total. The van der Waals surface area contributed by atoms with Gasteiger partial charge >= 0.3 is 0 Å². The van der Waals surface area contributed by atoms with Crippen molar-refractivity contribution in [2.75, 3.05) is 44.3 Å². The number of methoxy groups -OCH3 is 1. The number of imidazole rings is 2. The number of hydrogen-bond donors (Lipinski definition) is 3. The first-order valence-electron chi connectivity index (χ1n) is 12.7. The first-order valence-corrected chi connectivity index (χ1v) is 12.7. The Kier molecular flexibility index (Phi) is 8.05. The van der Waals surface area contributed by atoms with Crippen LogP contribution in [0.1, 0.15) is 46.1 Å². The molecule has 0 fully saturated rings. The fraction of sp³-hybridized carbons (Fsp3) is 0.538. The molecule has 0 radical (unpaired) electrons. The van der Waals surface area contributed by atoms with Gasteiger partial charge in [0.1, 0.15) is 11.8 Å². The van der Waals surface area contributed by atoms with Crippen LogP contribution < -0.4 is 11.1 Å². The quantitative estimate of drug-likeness (QED) is 0.255. The van der Waals surface area contributed by atoms with Gasteiger partial charge in [-0.1, -0.05) is 33.8 Å². The predicted octanol–water partition coefficient (Wildman–Crippen LogP) is 3.81. The van der Waals surface area contributed by atoms with E-state index in [1.165, 1.54) is 11.9 Å². The number of anilines is 2. The predicted molar refractivity (Wildman–Crippen MR) is 145 cm³/mol. The van der Waals surface area contributed by atoms with Gasteiger partial charge < -0.3 is 30.2 Å². The van der Waals surface area contributed by atoms with Crippen LogP contribution in [0.15, 0.2) is 30.9 Å². The molecule has 0 bridgehead atoms. The van der Waals surface area contributed by atoms with E-state index < -0.39 is 0 Å². The van der Waals surface area contributed by atoms with Crippen LogP contribution in [-0.4, -0.2) is 73.8 Å². The maximum Gasteiger partial charge on any atom is 0.201 e. The minimum absolute atomic E-state index is 0.113. The molecular weight excluding hydrogens is 454 g/mol. The number of aromatic nitrogens is 6. The van der Waals surface area contributed by atoms with Gasteiger partial charge in [0.05, 0.1) is 23.5 Å². The molecule has 1 aromatic carbocycles. The van der Waals surface area contributed by atoms with Crippen molar-refractivity contribution in [3.63, 3.8) is 0 Å². The van der Waals surface area contributed by atoms with Crippen molar-refractivity contribution < 1.29 is 4.74 Å². The number of nitrogens with two attached hydrogens (primary N) is 1. The van der Waals surface area contributed by atoms with E-state index >= 15 is 0 Å². The summed E-state index contributed by atoms with van der Waals surface area (Å²) in [6, 6.07) is 6.46. The van der Waals surface area contributed by atoms with Gasteiger partial charge in [0.15, 0.2) is 11.5 Å². The molecule has 10 heteroatoms. The van der Waals surface area contributed by atoms with E-state index in [-0.39, 0.29) is 11.5 Å². The summed E-state index contributed by atoms with van der Waals surface area (Å²) in [6.07, 6.45) is 5.23. The van der Waals surface area contributed by atoms with Crippen LogP contribution in [0.3, 0.4) is 0 Å². The Balaban J connectivity index is 1.24. The highest BCUT2D eigenvalue weighted by Gasteiger charge is 2.16. The largest absolute Gasteiger partial charge is 0.382 e. The third-order valence-corrected chi connectivity index (χ3v) is 6.66. The summed E-state index contributed by atoms with van der Waals surface area (Å²) in [7, 11) is 1.78. The number of likely N-dealkylation sites (N-methyl/N-ethyl adjacent to an activating group) is 1. The highest BCUT2D eigenvalue weighted by molar-refractivity contribution is 5.81. The third kappa shape index (κ3) is 6.11. The zero-order valence-electron chi connectivity index (χ0n) is 22.1. The molecule has 0 saturated carbocycles. The lowest BCUT2D eigenvalue weighted by molar-refractivity contribution is 0.0564. The van der Waals surface area contributed by atoms with E-state index in [1.807, 2.05) is 4.57 Å². The molecule has 0 aliphatic rings. The number of hydrogen-bond acceptors (Lipinski definition) is 8. The molecular formula is C26H39N9O. The van der Waals surface area contributed by atoms with E-state index in [4.69, 9.17) is 10.5 Å². The average molecular weight is 494 g/mol. The lowest BCUT2D eigenvalue weighted by Crippen LogP contribution is -2.35. The normalized spacial score (nSPS) is 13.2. The van der Waals surface area contributed by atoms with Crippen LogP contribution in [0.2, 0.25) is 0 Å². The standard InChI is InChI=1S/C26H39N9O/c1-6-34(15-19(36-5)10-13-35-17-31-22-23(27)29-16-30-24(22)35)12-7-11-28-25-32-20-9-8-18(26(2,3)4)14-21(20)33-25/h8-9,14,16-17,19H,6-7,10-13,15H2,1-5H3,(H2,27,29,30)(H2,28,32,33). The zero-order chi connectivity index (χ0) is 25.7. The fourth-order valence-electron chi connectivity index (χ4n) is 4.36. The van der Waals surface area contributed by atoms with Crippen molar-refractivity contribution >= 4 is 34.0 Å². The molecule has 194 valence electrons. The van der Waals surface area contributed by atoms with Crippen LogP contribution in [0.25, 0.3) is 22.2 Å². The van der Waals surface area contributed by atoms with E-state index in [2.05, 4.69) is 81.0 Å². The van der Waals surface area contributed by atoms with Crippen molar-refractivity contribution in [1.29, 1.82) is 0 Å². The van der Waals surface area contributed by atoms with E-state index in [9.17, 15) is 0 Å². The summed E-state index contributed by atoms with van der Waals surface area (Å²) in [6.45, 7) is 13.3. The average Bonchev–Trinajstić information content (AvgIpc) is 3.46. The second-order valence-electron chi connectivity index (χ2n) is 10.3. The Morgan fingerprint density at radius 3 is 2.81 bits per heavy atom. The summed E-state index contributed by atoms with van der Waals surface area (Å²) in [5.74, 6) is 1.23. The van der Waals surface area contributed by atoms with Crippen LogP contribution in [0, 0.1) is 0 Å².